The molecule has 2 heterocycles. The molecular formula is C22H23BrClFN4O2S. The van der Waals surface area contributed by atoms with Gasteiger partial charge in [0.2, 0.25) is 11.8 Å². The van der Waals surface area contributed by atoms with Gasteiger partial charge in [-0.05, 0) is 56.6 Å². The molecule has 0 aliphatic carbocycles. The molecule has 6 nitrogen and oxygen atoms in total. The maximum Gasteiger partial charge on any atom is 0.234 e. The number of aromatic nitrogens is 1. The first kappa shape index (κ1) is 24.6. The zero-order valence-electron chi connectivity index (χ0n) is 17.6. The lowest BCUT2D eigenvalue weighted by Crippen LogP contribution is -2.41. The van der Waals surface area contributed by atoms with Crippen LogP contribution in [0, 0.1) is 11.7 Å². The first-order chi connectivity index (χ1) is 14.8. The fourth-order valence-electron chi connectivity index (χ4n) is 3.57. The van der Waals surface area contributed by atoms with E-state index in [1.807, 2.05) is 37.2 Å². The van der Waals surface area contributed by atoms with Crippen molar-refractivity contribution in [3.8, 4) is 0 Å². The van der Waals surface area contributed by atoms with Crippen LogP contribution in [0.3, 0.4) is 0 Å². The summed E-state index contributed by atoms with van der Waals surface area (Å²) in [6.45, 7) is 1.43. The van der Waals surface area contributed by atoms with Crippen LogP contribution in [-0.4, -0.2) is 55.4 Å². The number of fused-ring (bicyclic) bond motifs is 1. The van der Waals surface area contributed by atoms with E-state index in [1.54, 1.807) is 21.9 Å². The quantitative estimate of drug-likeness (QED) is 0.459. The standard InChI is InChI=1S/C22H22BrFN4O2S.ClH/c1-26(2)9-10-27(22-25-18-8-3-15(23)12-19(18)31-22)21(30)14-11-20(29)28(13-14)17-6-4-16(24)5-7-17;/h3-8,12,14H,9-11,13H2,1-2H3;1H. The van der Waals surface area contributed by atoms with Crippen LogP contribution >= 0.6 is 39.7 Å². The van der Waals surface area contributed by atoms with E-state index in [0.717, 1.165) is 14.7 Å². The van der Waals surface area contributed by atoms with Gasteiger partial charge in [0.25, 0.3) is 0 Å². The maximum atomic E-state index is 13.5. The van der Waals surface area contributed by atoms with Gasteiger partial charge < -0.3 is 9.80 Å². The molecule has 0 spiro atoms. The lowest BCUT2D eigenvalue weighted by atomic mass is 10.1. The van der Waals surface area contributed by atoms with Crippen molar-refractivity contribution in [3.05, 3.63) is 52.8 Å². The summed E-state index contributed by atoms with van der Waals surface area (Å²) in [5.41, 5.74) is 1.44. The third kappa shape index (κ3) is 5.28. The molecule has 10 heteroatoms. The average molecular weight is 542 g/mol. The zero-order valence-corrected chi connectivity index (χ0v) is 20.8. The summed E-state index contributed by atoms with van der Waals surface area (Å²) in [4.78, 5) is 36.1. The summed E-state index contributed by atoms with van der Waals surface area (Å²) < 4.78 is 15.2. The highest BCUT2D eigenvalue weighted by Crippen LogP contribution is 2.33. The van der Waals surface area contributed by atoms with Gasteiger partial charge in [-0.15, -0.1) is 12.4 Å². The molecule has 2 aromatic carbocycles. The molecule has 0 radical (unpaired) electrons. The minimum absolute atomic E-state index is 0. The van der Waals surface area contributed by atoms with Gasteiger partial charge >= 0.3 is 0 Å². The Kier molecular flexibility index (Phi) is 7.87. The van der Waals surface area contributed by atoms with Crippen molar-refractivity contribution in [1.82, 2.24) is 9.88 Å². The van der Waals surface area contributed by atoms with E-state index in [0.29, 0.717) is 23.9 Å². The summed E-state index contributed by atoms with van der Waals surface area (Å²) >= 11 is 4.94. The monoisotopic (exact) mass is 540 g/mol. The molecule has 1 aromatic heterocycles. The summed E-state index contributed by atoms with van der Waals surface area (Å²) in [5, 5.41) is 0.632. The van der Waals surface area contributed by atoms with Crippen LogP contribution < -0.4 is 9.80 Å². The number of hydrogen-bond acceptors (Lipinski definition) is 5. The van der Waals surface area contributed by atoms with E-state index in [1.165, 1.54) is 23.5 Å². The van der Waals surface area contributed by atoms with Crippen LogP contribution in [0.4, 0.5) is 15.2 Å². The van der Waals surface area contributed by atoms with Crippen molar-refractivity contribution in [2.75, 3.05) is 43.5 Å². The largest absolute Gasteiger partial charge is 0.312 e. The summed E-state index contributed by atoms with van der Waals surface area (Å²) in [7, 11) is 3.90. The van der Waals surface area contributed by atoms with Crippen molar-refractivity contribution in [2.24, 2.45) is 5.92 Å². The number of hydrogen-bond donors (Lipinski definition) is 0. The first-order valence-corrected chi connectivity index (χ1v) is 11.5. The molecule has 1 aliphatic rings. The smallest absolute Gasteiger partial charge is 0.234 e. The number of halogens is 3. The van der Waals surface area contributed by atoms with Crippen LogP contribution in [0.15, 0.2) is 46.9 Å². The Morgan fingerprint density at radius 2 is 1.94 bits per heavy atom. The highest BCUT2D eigenvalue weighted by Gasteiger charge is 2.38. The van der Waals surface area contributed by atoms with Gasteiger partial charge in [0.05, 0.1) is 16.1 Å². The Bertz CT molecular complexity index is 1120. The predicted octanol–water partition coefficient (Wildman–Crippen LogP) is 4.57. The molecule has 4 rings (SSSR count). The Hall–Kier alpha value is -2.07. The van der Waals surface area contributed by atoms with Crippen molar-refractivity contribution in [1.29, 1.82) is 0 Å². The number of thiazole rings is 1. The number of likely N-dealkylation sites (N-methyl/N-ethyl adjacent to an activating group) is 1. The second-order valence-electron chi connectivity index (χ2n) is 7.78. The highest BCUT2D eigenvalue weighted by molar-refractivity contribution is 9.10. The number of amides is 2. The van der Waals surface area contributed by atoms with Gasteiger partial charge in [0.1, 0.15) is 5.82 Å². The van der Waals surface area contributed by atoms with E-state index < -0.39 is 5.92 Å². The Morgan fingerprint density at radius 1 is 1.22 bits per heavy atom. The molecule has 0 bridgehead atoms. The molecule has 0 N–H and O–H groups in total. The molecule has 1 atom stereocenters. The van der Waals surface area contributed by atoms with Gasteiger partial charge in [-0.25, -0.2) is 9.37 Å². The van der Waals surface area contributed by atoms with Gasteiger partial charge in [-0.1, -0.05) is 27.3 Å². The Labute approximate surface area is 204 Å². The Balaban J connectivity index is 0.00000289. The van der Waals surface area contributed by atoms with Gasteiger partial charge in [0.15, 0.2) is 5.13 Å². The van der Waals surface area contributed by atoms with Crippen molar-refractivity contribution < 1.29 is 14.0 Å². The third-order valence-electron chi connectivity index (χ3n) is 5.22. The normalized spacial score (nSPS) is 16.0. The molecule has 1 aliphatic heterocycles. The van der Waals surface area contributed by atoms with Crippen molar-refractivity contribution in [3.63, 3.8) is 0 Å². The zero-order chi connectivity index (χ0) is 22.1. The second-order valence-corrected chi connectivity index (χ2v) is 9.71. The topological polar surface area (TPSA) is 56.8 Å². The second kappa shape index (κ2) is 10.2. The molecule has 1 fully saturated rings. The summed E-state index contributed by atoms with van der Waals surface area (Å²) in [5.74, 6) is -1.08. The van der Waals surface area contributed by atoms with E-state index in [-0.39, 0.29) is 43.0 Å². The number of rotatable bonds is 6. The molecule has 0 saturated carbocycles. The number of nitrogens with zero attached hydrogens (tertiary/aromatic N) is 4. The lowest BCUT2D eigenvalue weighted by Gasteiger charge is -2.24. The minimum atomic E-state index is -0.474. The first-order valence-electron chi connectivity index (χ1n) is 9.90. The van der Waals surface area contributed by atoms with E-state index >= 15 is 0 Å². The average Bonchev–Trinajstić information content (AvgIpc) is 3.31. The van der Waals surface area contributed by atoms with E-state index in [9.17, 15) is 14.0 Å². The van der Waals surface area contributed by atoms with Crippen LogP contribution in [0.5, 0.6) is 0 Å². The van der Waals surface area contributed by atoms with E-state index in [2.05, 4.69) is 20.9 Å². The summed E-state index contributed by atoms with van der Waals surface area (Å²) in [6, 6.07) is 11.6. The fraction of sp³-hybridized carbons (Fsp3) is 0.318. The summed E-state index contributed by atoms with van der Waals surface area (Å²) in [6.07, 6.45) is 0.130. The molecular weight excluding hydrogens is 519 g/mol. The Morgan fingerprint density at radius 3 is 2.62 bits per heavy atom. The van der Waals surface area contributed by atoms with Crippen LogP contribution in [0.2, 0.25) is 0 Å². The molecule has 1 saturated heterocycles. The molecule has 1 unspecified atom stereocenters. The molecule has 3 aromatic rings. The SMILES string of the molecule is CN(C)CCN(C(=O)C1CC(=O)N(c2ccc(F)cc2)C1)c1nc2ccc(Br)cc2s1.Cl. The third-order valence-corrected chi connectivity index (χ3v) is 6.75. The number of benzene rings is 2. The lowest BCUT2D eigenvalue weighted by molar-refractivity contribution is -0.124. The van der Waals surface area contributed by atoms with Gasteiger partial charge in [-0.3, -0.25) is 14.5 Å². The molecule has 32 heavy (non-hydrogen) atoms. The van der Waals surface area contributed by atoms with Crippen LogP contribution in [-0.2, 0) is 9.59 Å². The van der Waals surface area contributed by atoms with Crippen molar-refractivity contribution >= 4 is 72.5 Å². The van der Waals surface area contributed by atoms with Gasteiger partial charge in [0, 0.05) is 36.2 Å². The van der Waals surface area contributed by atoms with Crippen molar-refractivity contribution in [2.45, 2.75) is 6.42 Å². The predicted molar refractivity (Wildman–Crippen MR) is 132 cm³/mol. The number of carbonyl (C=O) groups is 2. The molecule has 2 amide bonds. The minimum Gasteiger partial charge on any atom is -0.312 e. The van der Waals surface area contributed by atoms with Crippen LogP contribution in [0.1, 0.15) is 6.42 Å². The highest BCUT2D eigenvalue weighted by atomic mass is 79.9. The molecule has 170 valence electrons. The number of carbonyl (C=O) groups excluding carboxylic acids is 2. The fourth-order valence-corrected chi connectivity index (χ4v) is 5.11. The van der Waals surface area contributed by atoms with Gasteiger partial charge in [-0.2, -0.15) is 0 Å². The number of anilines is 2. The van der Waals surface area contributed by atoms with E-state index in [4.69, 9.17) is 0 Å². The van der Waals surface area contributed by atoms with Crippen LogP contribution in [0.25, 0.3) is 10.2 Å². The maximum absolute atomic E-state index is 13.5.